The molecule has 0 unspecified atom stereocenters. The monoisotopic (exact) mass is 451 g/mol. The van der Waals surface area contributed by atoms with Crippen LogP contribution >= 0.6 is 11.6 Å². The third-order valence-corrected chi connectivity index (χ3v) is 5.35. The Morgan fingerprint density at radius 2 is 2.03 bits per heavy atom. The Kier molecular flexibility index (Phi) is 6.18. The molecule has 1 saturated heterocycles. The van der Waals surface area contributed by atoms with E-state index in [4.69, 9.17) is 11.6 Å². The average Bonchev–Trinajstić information content (AvgIpc) is 3.44. The van der Waals surface area contributed by atoms with Crippen molar-refractivity contribution in [3.8, 4) is 11.1 Å². The minimum Gasteiger partial charge on any atom is -0.350 e. The van der Waals surface area contributed by atoms with Gasteiger partial charge < -0.3 is 15.5 Å². The van der Waals surface area contributed by atoms with Gasteiger partial charge in [-0.1, -0.05) is 18.2 Å². The van der Waals surface area contributed by atoms with Crippen molar-refractivity contribution in [1.82, 2.24) is 24.6 Å². The number of benzene rings is 1. The van der Waals surface area contributed by atoms with Gasteiger partial charge in [-0.25, -0.2) is 9.97 Å². The van der Waals surface area contributed by atoms with E-state index < -0.39 is 0 Å². The van der Waals surface area contributed by atoms with Crippen LogP contribution < -0.4 is 10.6 Å². The van der Waals surface area contributed by atoms with Crippen LogP contribution in [0.5, 0.6) is 0 Å². The van der Waals surface area contributed by atoms with Gasteiger partial charge in [-0.2, -0.15) is 5.10 Å². The number of hydrogen-bond acceptors (Lipinski definition) is 6. The van der Waals surface area contributed by atoms with E-state index in [1.165, 1.54) is 18.5 Å². The lowest BCUT2D eigenvalue weighted by Gasteiger charge is -2.18. The van der Waals surface area contributed by atoms with E-state index in [1.807, 2.05) is 13.2 Å². The van der Waals surface area contributed by atoms with Crippen LogP contribution in [0.2, 0.25) is 5.02 Å². The van der Waals surface area contributed by atoms with E-state index in [0.29, 0.717) is 40.9 Å². The molecular weight excluding hydrogens is 430 g/mol. The van der Waals surface area contributed by atoms with Crippen molar-refractivity contribution in [1.29, 1.82) is 0 Å². The fourth-order valence-electron chi connectivity index (χ4n) is 3.58. The molecule has 4 rings (SSSR count). The van der Waals surface area contributed by atoms with Gasteiger partial charge in [0.2, 0.25) is 11.9 Å². The molecule has 1 aromatic carbocycles. The van der Waals surface area contributed by atoms with Crippen LogP contribution in [0, 0.1) is 0 Å². The quantitative estimate of drug-likeness (QED) is 0.558. The van der Waals surface area contributed by atoms with Gasteiger partial charge in [0, 0.05) is 54.8 Å². The minimum atomic E-state index is -0.327. The second kappa shape index (κ2) is 9.19. The van der Waals surface area contributed by atoms with Gasteiger partial charge in [-0.05, 0) is 30.7 Å². The summed E-state index contributed by atoms with van der Waals surface area (Å²) in [4.78, 5) is 35.1. The van der Waals surface area contributed by atoms with Crippen molar-refractivity contribution in [2.75, 3.05) is 23.7 Å². The highest BCUT2D eigenvalue weighted by Gasteiger charge is 2.28. The molecule has 0 spiro atoms. The molecule has 0 bridgehead atoms. The van der Waals surface area contributed by atoms with Crippen LogP contribution in [0.3, 0.4) is 0 Å². The summed E-state index contributed by atoms with van der Waals surface area (Å²) in [5.41, 5.74) is 2.62. The first kappa shape index (κ1) is 21.5. The number of nitrogens with zero attached hydrogens (tertiary/aromatic N) is 5. The summed E-state index contributed by atoms with van der Waals surface area (Å²) in [7, 11) is 1.81. The maximum atomic E-state index is 13.2. The lowest BCUT2D eigenvalue weighted by Crippen LogP contribution is -2.31. The number of likely N-dealkylation sites (tertiary alicyclic amines) is 1. The molecule has 10 heteroatoms. The summed E-state index contributed by atoms with van der Waals surface area (Å²) >= 11 is 5.83. The van der Waals surface area contributed by atoms with E-state index in [0.717, 1.165) is 12.0 Å². The zero-order valence-corrected chi connectivity index (χ0v) is 18.2. The van der Waals surface area contributed by atoms with Crippen LogP contribution in [0.15, 0.2) is 55.6 Å². The number of aryl methyl sites for hydroxylation is 1. The van der Waals surface area contributed by atoms with Crippen LogP contribution in [0.4, 0.5) is 11.6 Å². The van der Waals surface area contributed by atoms with Crippen molar-refractivity contribution in [3.05, 3.63) is 66.2 Å². The van der Waals surface area contributed by atoms with Gasteiger partial charge in [0.25, 0.3) is 5.91 Å². The molecule has 3 aromatic rings. The largest absolute Gasteiger partial charge is 0.350 e. The molecule has 0 aliphatic carbocycles. The number of hydrogen-bond donors (Lipinski definition) is 2. The minimum absolute atomic E-state index is 0.0454. The third kappa shape index (κ3) is 4.78. The maximum absolute atomic E-state index is 13.2. The SMILES string of the molecule is C=CC(=O)Nc1ccc(C(=O)N2CC[C@@H](Nc3ncc(Cl)cn3)C2)cc1-c1cnn(C)c1. The van der Waals surface area contributed by atoms with Crippen molar-refractivity contribution >= 4 is 35.1 Å². The Hall–Kier alpha value is -3.72. The molecule has 9 nitrogen and oxygen atoms in total. The predicted molar refractivity (Wildman–Crippen MR) is 122 cm³/mol. The first-order chi connectivity index (χ1) is 15.4. The molecule has 1 atom stereocenters. The lowest BCUT2D eigenvalue weighted by atomic mass is 10.0. The van der Waals surface area contributed by atoms with E-state index in [-0.39, 0.29) is 17.9 Å². The van der Waals surface area contributed by atoms with Crippen LogP contribution in [-0.2, 0) is 11.8 Å². The molecule has 2 N–H and O–H groups in total. The van der Waals surface area contributed by atoms with Gasteiger partial charge >= 0.3 is 0 Å². The molecular formula is C22H22ClN7O2. The standard InChI is InChI=1S/C22H22ClN7O2/c1-3-20(31)28-19-5-4-14(8-18(19)15-9-26-29(2)12-15)21(32)30-7-6-17(13-30)27-22-24-10-16(23)11-25-22/h3-5,8-12,17H,1,6-7,13H2,2H3,(H,28,31)(H,24,25,27)/t17-/m1/s1. The van der Waals surface area contributed by atoms with Gasteiger partial charge in [-0.15, -0.1) is 0 Å². The van der Waals surface area contributed by atoms with Gasteiger partial charge in [-0.3, -0.25) is 14.3 Å². The van der Waals surface area contributed by atoms with Gasteiger partial charge in [0.05, 0.1) is 23.6 Å². The third-order valence-electron chi connectivity index (χ3n) is 5.15. The molecule has 32 heavy (non-hydrogen) atoms. The number of amides is 2. The van der Waals surface area contributed by atoms with Crippen molar-refractivity contribution in [3.63, 3.8) is 0 Å². The number of aromatic nitrogens is 4. The molecule has 0 saturated carbocycles. The number of rotatable bonds is 6. The molecule has 2 amide bonds. The molecule has 3 heterocycles. The normalized spacial score (nSPS) is 15.4. The number of halogens is 1. The molecule has 2 aromatic heterocycles. The molecule has 1 aliphatic heterocycles. The summed E-state index contributed by atoms with van der Waals surface area (Å²) in [5.74, 6) is 0.0695. The van der Waals surface area contributed by atoms with Crippen LogP contribution in [-0.4, -0.2) is 55.6 Å². The van der Waals surface area contributed by atoms with Crippen molar-refractivity contribution in [2.24, 2.45) is 7.05 Å². The predicted octanol–water partition coefficient (Wildman–Crippen LogP) is 2.98. The summed E-state index contributed by atoms with van der Waals surface area (Å²) < 4.78 is 1.67. The summed E-state index contributed by atoms with van der Waals surface area (Å²) in [6.45, 7) is 4.63. The number of nitrogens with one attached hydrogen (secondary N) is 2. The molecule has 1 fully saturated rings. The Balaban J connectivity index is 1.52. The average molecular weight is 452 g/mol. The van der Waals surface area contributed by atoms with E-state index in [2.05, 4.69) is 32.3 Å². The lowest BCUT2D eigenvalue weighted by molar-refractivity contribution is -0.111. The fraction of sp³-hybridized carbons (Fsp3) is 0.227. The zero-order chi connectivity index (χ0) is 22.7. The van der Waals surface area contributed by atoms with E-state index in [1.54, 1.807) is 34.0 Å². The number of anilines is 2. The second-order valence-corrected chi connectivity index (χ2v) is 7.90. The summed E-state index contributed by atoms with van der Waals surface area (Å²) in [6.07, 6.45) is 8.56. The Morgan fingerprint density at radius 3 is 2.72 bits per heavy atom. The topological polar surface area (TPSA) is 105 Å². The van der Waals surface area contributed by atoms with E-state index in [9.17, 15) is 9.59 Å². The van der Waals surface area contributed by atoms with E-state index >= 15 is 0 Å². The van der Waals surface area contributed by atoms with Crippen molar-refractivity contribution in [2.45, 2.75) is 12.5 Å². The second-order valence-electron chi connectivity index (χ2n) is 7.46. The maximum Gasteiger partial charge on any atom is 0.253 e. The van der Waals surface area contributed by atoms with Crippen LogP contribution in [0.1, 0.15) is 16.8 Å². The first-order valence-electron chi connectivity index (χ1n) is 10.0. The molecule has 1 aliphatic rings. The number of carbonyl (C=O) groups excluding carboxylic acids is 2. The summed E-state index contributed by atoms with van der Waals surface area (Å²) in [5, 5.41) is 10.7. The highest BCUT2D eigenvalue weighted by molar-refractivity contribution is 6.30. The molecule has 164 valence electrons. The highest BCUT2D eigenvalue weighted by Crippen LogP contribution is 2.30. The zero-order valence-electron chi connectivity index (χ0n) is 17.5. The highest BCUT2D eigenvalue weighted by atomic mass is 35.5. The smallest absolute Gasteiger partial charge is 0.253 e. The Morgan fingerprint density at radius 1 is 1.25 bits per heavy atom. The van der Waals surface area contributed by atoms with Crippen LogP contribution in [0.25, 0.3) is 11.1 Å². The summed E-state index contributed by atoms with van der Waals surface area (Å²) in [6, 6.07) is 5.26. The first-order valence-corrected chi connectivity index (χ1v) is 10.4. The molecule has 0 radical (unpaired) electrons. The van der Waals surface area contributed by atoms with Gasteiger partial charge in [0.15, 0.2) is 0 Å². The Labute approximate surface area is 190 Å². The number of carbonyl (C=O) groups is 2. The van der Waals surface area contributed by atoms with Gasteiger partial charge in [0.1, 0.15) is 0 Å². The Bertz CT molecular complexity index is 1160. The fourth-order valence-corrected chi connectivity index (χ4v) is 3.68. The van der Waals surface area contributed by atoms with Crippen molar-refractivity contribution < 1.29 is 9.59 Å².